The lowest BCUT2D eigenvalue weighted by atomic mass is 10.3. The van der Waals surface area contributed by atoms with E-state index >= 15 is 0 Å². The smallest absolute Gasteiger partial charge is 0.238 e. The molecular weight excluding hydrogens is 242 g/mol. The fourth-order valence-corrected chi connectivity index (χ4v) is 1.42. The van der Waals surface area contributed by atoms with E-state index in [0.29, 0.717) is 5.69 Å². The Bertz CT molecular complexity index is 442. The predicted octanol–water partition coefficient (Wildman–Crippen LogP) is 1.70. The molecule has 2 aromatic rings. The fourth-order valence-electron chi connectivity index (χ4n) is 1.12. The summed E-state index contributed by atoms with van der Waals surface area (Å²) in [6, 6.07) is 9.87. The first-order valence-electron chi connectivity index (χ1n) is 4.16. The number of para-hydroxylation sites is 1. The Labute approximate surface area is 90.3 Å². The van der Waals surface area contributed by atoms with Crippen LogP contribution in [-0.2, 0) is 0 Å². The van der Waals surface area contributed by atoms with Crippen molar-refractivity contribution in [1.82, 2.24) is 5.10 Å². The quantitative estimate of drug-likeness (QED) is 0.784. The molecule has 2 rings (SSSR count). The van der Waals surface area contributed by atoms with E-state index in [1.54, 1.807) is 10.9 Å². The topological polar surface area (TPSA) is 42.8 Å². The molecule has 0 unspecified atom stereocenters. The van der Waals surface area contributed by atoms with Gasteiger partial charge in [-0.1, -0.05) is 22.9 Å². The van der Waals surface area contributed by atoms with Gasteiger partial charge in [-0.05, 0) is 15.9 Å². The summed E-state index contributed by atoms with van der Waals surface area (Å²) in [6.07, 6.45) is 3.46. The third-order valence-electron chi connectivity index (χ3n) is 1.85. The minimum Gasteiger partial charge on any atom is -0.396 e. The third-order valence-corrected chi connectivity index (χ3v) is 2.52. The Morgan fingerprint density at radius 1 is 1.21 bits per heavy atom. The zero-order chi connectivity index (χ0) is 9.97. The zero-order valence-corrected chi connectivity index (χ0v) is 8.98. The molecule has 70 valence electrons. The molecule has 0 amide bonds. The van der Waals surface area contributed by atoms with Crippen molar-refractivity contribution < 1.29 is 4.68 Å². The number of nitrogen functional groups attached to an aromatic ring is 1. The van der Waals surface area contributed by atoms with Crippen LogP contribution in [0, 0.1) is 0 Å². The summed E-state index contributed by atoms with van der Waals surface area (Å²) in [5.74, 6) is 0. The number of benzene rings is 1. The highest BCUT2D eigenvalue weighted by Crippen LogP contribution is 2.14. The van der Waals surface area contributed by atoms with Gasteiger partial charge in [-0.25, -0.2) is 0 Å². The van der Waals surface area contributed by atoms with Crippen LogP contribution in [0.2, 0.25) is 0 Å². The van der Waals surface area contributed by atoms with E-state index in [2.05, 4.69) is 21.0 Å². The molecule has 0 saturated carbocycles. The van der Waals surface area contributed by atoms with Crippen LogP contribution in [0.3, 0.4) is 0 Å². The summed E-state index contributed by atoms with van der Waals surface area (Å²) in [7, 11) is 0. The van der Waals surface area contributed by atoms with Crippen molar-refractivity contribution in [2.45, 2.75) is 0 Å². The van der Waals surface area contributed by atoms with E-state index in [1.807, 2.05) is 36.5 Å². The zero-order valence-electron chi connectivity index (χ0n) is 7.39. The fraction of sp³-hybridized carbons (Fsp3) is 0. The van der Waals surface area contributed by atoms with Crippen LogP contribution >= 0.6 is 15.9 Å². The molecular formula is C10H9BrN3+. The first-order valence-corrected chi connectivity index (χ1v) is 4.95. The van der Waals surface area contributed by atoms with Gasteiger partial charge >= 0.3 is 0 Å². The van der Waals surface area contributed by atoms with E-state index in [1.165, 1.54) is 0 Å². The summed E-state index contributed by atoms with van der Waals surface area (Å²) in [4.78, 5) is 0. The molecule has 2 N–H and O–H groups in total. The molecule has 1 aromatic carbocycles. The van der Waals surface area contributed by atoms with E-state index < -0.39 is 0 Å². The highest BCUT2D eigenvalue weighted by Gasteiger charge is 2.09. The van der Waals surface area contributed by atoms with Crippen LogP contribution in [0.1, 0.15) is 0 Å². The SMILES string of the molecule is Nc1cn[n+](-c2ccccc2)cc1Br. The molecule has 0 fully saturated rings. The number of aromatic nitrogens is 2. The second-order valence-corrected chi connectivity index (χ2v) is 3.71. The minimum absolute atomic E-state index is 0.636. The van der Waals surface area contributed by atoms with Crippen molar-refractivity contribution in [1.29, 1.82) is 0 Å². The van der Waals surface area contributed by atoms with Crippen LogP contribution < -0.4 is 10.4 Å². The Balaban J connectivity index is 2.48. The maximum atomic E-state index is 5.64. The molecule has 1 heterocycles. The number of hydrogen-bond donors (Lipinski definition) is 1. The van der Waals surface area contributed by atoms with Crippen LogP contribution in [0.4, 0.5) is 5.69 Å². The van der Waals surface area contributed by atoms with Crippen LogP contribution in [-0.4, -0.2) is 5.10 Å². The van der Waals surface area contributed by atoms with E-state index in [0.717, 1.165) is 10.2 Å². The summed E-state index contributed by atoms with van der Waals surface area (Å²) < 4.78 is 2.61. The molecule has 0 radical (unpaired) electrons. The first kappa shape index (κ1) is 9.15. The van der Waals surface area contributed by atoms with Gasteiger partial charge in [0.25, 0.3) is 0 Å². The average molecular weight is 251 g/mol. The molecule has 0 aliphatic carbocycles. The molecule has 0 saturated heterocycles. The summed E-state index contributed by atoms with van der Waals surface area (Å²) >= 11 is 3.36. The van der Waals surface area contributed by atoms with Gasteiger partial charge < -0.3 is 5.73 Å². The molecule has 0 aliphatic rings. The van der Waals surface area contributed by atoms with E-state index in [9.17, 15) is 0 Å². The van der Waals surface area contributed by atoms with E-state index in [-0.39, 0.29) is 0 Å². The normalized spacial score (nSPS) is 10.1. The Morgan fingerprint density at radius 2 is 1.93 bits per heavy atom. The second-order valence-electron chi connectivity index (χ2n) is 2.86. The van der Waals surface area contributed by atoms with Crippen molar-refractivity contribution >= 4 is 21.6 Å². The highest BCUT2D eigenvalue weighted by molar-refractivity contribution is 9.10. The maximum absolute atomic E-state index is 5.64. The Morgan fingerprint density at radius 3 is 2.57 bits per heavy atom. The second kappa shape index (κ2) is 3.75. The van der Waals surface area contributed by atoms with Crippen molar-refractivity contribution in [3.8, 4) is 5.69 Å². The molecule has 0 aliphatic heterocycles. The number of halogens is 1. The van der Waals surface area contributed by atoms with Crippen molar-refractivity contribution in [2.75, 3.05) is 5.73 Å². The van der Waals surface area contributed by atoms with Crippen molar-refractivity contribution in [3.63, 3.8) is 0 Å². The maximum Gasteiger partial charge on any atom is 0.238 e. The molecule has 4 heteroatoms. The lowest BCUT2D eigenvalue weighted by molar-refractivity contribution is -0.660. The van der Waals surface area contributed by atoms with Gasteiger partial charge in [0.2, 0.25) is 11.9 Å². The summed E-state index contributed by atoms with van der Waals surface area (Å²) in [5, 5.41) is 4.17. The lowest BCUT2D eigenvalue weighted by Crippen LogP contribution is -2.34. The van der Waals surface area contributed by atoms with Gasteiger partial charge in [-0.15, -0.1) is 0 Å². The standard InChI is InChI=1S/C10H8BrN3/c11-9-7-14(13-6-10(9)12)8-4-2-1-3-5-8/h1-7,12H/p+1. The monoisotopic (exact) mass is 250 g/mol. The number of rotatable bonds is 1. The number of nitrogens with zero attached hydrogens (tertiary/aromatic N) is 2. The predicted molar refractivity (Wildman–Crippen MR) is 57.9 cm³/mol. The van der Waals surface area contributed by atoms with Crippen molar-refractivity contribution in [3.05, 3.63) is 47.2 Å². The molecule has 3 nitrogen and oxygen atoms in total. The number of anilines is 1. The van der Waals surface area contributed by atoms with Gasteiger partial charge in [-0.2, -0.15) is 0 Å². The molecule has 14 heavy (non-hydrogen) atoms. The molecule has 0 bridgehead atoms. The minimum atomic E-state index is 0.636. The molecule has 0 atom stereocenters. The van der Waals surface area contributed by atoms with E-state index in [4.69, 9.17) is 5.73 Å². The summed E-state index contributed by atoms with van der Waals surface area (Å²) in [6.45, 7) is 0. The van der Waals surface area contributed by atoms with Gasteiger partial charge in [0, 0.05) is 17.2 Å². The average Bonchev–Trinajstić information content (AvgIpc) is 2.23. The molecule has 0 spiro atoms. The lowest BCUT2D eigenvalue weighted by Gasteiger charge is -1.95. The van der Waals surface area contributed by atoms with Gasteiger partial charge in [0.05, 0.1) is 5.69 Å². The summed E-state index contributed by atoms with van der Waals surface area (Å²) in [5.41, 5.74) is 7.29. The number of nitrogens with two attached hydrogens (primary N) is 1. The van der Waals surface area contributed by atoms with Crippen LogP contribution in [0.25, 0.3) is 5.69 Å². The molecule has 1 aromatic heterocycles. The van der Waals surface area contributed by atoms with Gasteiger partial charge in [0.15, 0.2) is 0 Å². The first-order chi connectivity index (χ1) is 6.77. The van der Waals surface area contributed by atoms with Crippen LogP contribution in [0.5, 0.6) is 0 Å². The third kappa shape index (κ3) is 1.75. The highest BCUT2D eigenvalue weighted by atomic mass is 79.9. The largest absolute Gasteiger partial charge is 0.396 e. The number of hydrogen-bond acceptors (Lipinski definition) is 2. The van der Waals surface area contributed by atoms with Gasteiger partial charge in [-0.3, -0.25) is 0 Å². The van der Waals surface area contributed by atoms with Crippen LogP contribution in [0.15, 0.2) is 47.2 Å². The Hall–Kier alpha value is -1.42. The van der Waals surface area contributed by atoms with Gasteiger partial charge in [0.1, 0.15) is 10.7 Å². The Kier molecular flexibility index (Phi) is 2.45. The van der Waals surface area contributed by atoms with Crippen molar-refractivity contribution in [2.24, 2.45) is 0 Å².